The minimum absolute atomic E-state index is 0.800. The Balaban J connectivity index is 1.47. The number of hydrogen-bond donors (Lipinski definition) is 1. The van der Waals surface area contributed by atoms with Crippen LogP contribution in [-0.4, -0.2) is 37.1 Å². The summed E-state index contributed by atoms with van der Waals surface area (Å²) in [7, 11) is 0. The van der Waals surface area contributed by atoms with Crippen molar-refractivity contribution in [1.29, 1.82) is 0 Å². The van der Waals surface area contributed by atoms with Gasteiger partial charge in [0, 0.05) is 25.7 Å². The molecular weight excluding hydrogens is 208 g/mol. The topological polar surface area (TPSA) is 15.3 Å². The maximum atomic E-state index is 3.78. The Bertz CT molecular complexity index is 237. The first kappa shape index (κ1) is 12.0. The first-order chi connectivity index (χ1) is 8.36. The lowest BCUT2D eigenvalue weighted by molar-refractivity contribution is 0.258. The van der Waals surface area contributed by atoms with E-state index in [2.05, 4.69) is 17.1 Å². The van der Waals surface area contributed by atoms with Crippen LogP contribution in [0.2, 0.25) is 0 Å². The molecule has 0 spiro atoms. The van der Waals surface area contributed by atoms with Gasteiger partial charge < -0.3 is 10.2 Å². The van der Waals surface area contributed by atoms with Gasteiger partial charge in [0.1, 0.15) is 0 Å². The average Bonchev–Trinajstić information content (AvgIpc) is 2.96. The van der Waals surface area contributed by atoms with Gasteiger partial charge in [0.25, 0.3) is 0 Å². The van der Waals surface area contributed by atoms with E-state index in [0.29, 0.717) is 0 Å². The van der Waals surface area contributed by atoms with E-state index in [-0.39, 0.29) is 0 Å². The lowest BCUT2D eigenvalue weighted by Crippen LogP contribution is -2.42. The van der Waals surface area contributed by atoms with Crippen molar-refractivity contribution in [3.63, 3.8) is 0 Å². The van der Waals surface area contributed by atoms with Crippen molar-refractivity contribution in [2.24, 2.45) is 17.8 Å². The Morgan fingerprint density at radius 1 is 1.12 bits per heavy atom. The Morgan fingerprint density at radius 3 is 2.41 bits per heavy atom. The molecular formula is C15H28N2. The number of likely N-dealkylation sites (tertiary alicyclic amines) is 1. The Labute approximate surface area is 106 Å². The summed E-state index contributed by atoms with van der Waals surface area (Å²) in [4.78, 5) is 2.76. The molecule has 3 aliphatic rings. The standard InChI is InChI=1S/C15H28N2/c1-2-8-16-15(12-6-7-12)11-17-9-13-4-3-5-14(13)10-17/h12-16H,2-11H2,1H3. The van der Waals surface area contributed by atoms with Crippen LogP contribution < -0.4 is 5.32 Å². The fraction of sp³-hybridized carbons (Fsp3) is 1.00. The van der Waals surface area contributed by atoms with Crippen LogP contribution in [0.4, 0.5) is 0 Å². The number of nitrogens with one attached hydrogen (secondary N) is 1. The maximum absolute atomic E-state index is 3.78. The molecule has 1 N–H and O–H groups in total. The van der Waals surface area contributed by atoms with Gasteiger partial charge in [-0.3, -0.25) is 0 Å². The summed E-state index contributed by atoms with van der Waals surface area (Å²) in [5.74, 6) is 3.11. The smallest absolute Gasteiger partial charge is 0.0223 e. The maximum Gasteiger partial charge on any atom is 0.0223 e. The third kappa shape index (κ3) is 2.85. The van der Waals surface area contributed by atoms with E-state index in [4.69, 9.17) is 0 Å². The average molecular weight is 236 g/mol. The molecule has 0 bridgehead atoms. The summed E-state index contributed by atoms with van der Waals surface area (Å²) < 4.78 is 0. The fourth-order valence-electron chi connectivity index (χ4n) is 3.97. The molecule has 17 heavy (non-hydrogen) atoms. The Hall–Kier alpha value is -0.0800. The fourth-order valence-corrected chi connectivity index (χ4v) is 3.97. The van der Waals surface area contributed by atoms with E-state index in [1.165, 1.54) is 64.7 Å². The van der Waals surface area contributed by atoms with Crippen molar-refractivity contribution in [2.45, 2.75) is 51.5 Å². The van der Waals surface area contributed by atoms with Gasteiger partial charge in [0.15, 0.2) is 0 Å². The van der Waals surface area contributed by atoms with E-state index < -0.39 is 0 Å². The van der Waals surface area contributed by atoms with Crippen molar-refractivity contribution in [3.05, 3.63) is 0 Å². The number of hydrogen-bond acceptors (Lipinski definition) is 2. The van der Waals surface area contributed by atoms with E-state index in [9.17, 15) is 0 Å². The van der Waals surface area contributed by atoms with E-state index >= 15 is 0 Å². The monoisotopic (exact) mass is 236 g/mol. The molecule has 0 radical (unpaired) electrons. The van der Waals surface area contributed by atoms with Crippen LogP contribution in [0.25, 0.3) is 0 Å². The third-order valence-electron chi connectivity index (χ3n) is 5.10. The van der Waals surface area contributed by atoms with Crippen molar-refractivity contribution in [3.8, 4) is 0 Å². The van der Waals surface area contributed by atoms with Gasteiger partial charge >= 0.3 is 0 Å². The van der Waals surface area contributed by atoms with Gasteiger partial charge in [-0.25, -0.2) is 0 Å². The molecule has 2 nitrogen and oxygen atoms in total. The van der Waals surface area contributed by atoms with Crippen molar-refractivity contribution >= 4 is 0 Å². The molecule has 2 saturated carbocycles. The molecule has 3 fully saturated rings. The van der Waals surface area contributed by atoms with Gasteiger partial charge in [-0.2, -0.15) is 0 Å². The second-order valence-corrected chi connectivity index (χ2v) is 6.57. The Morgan fingerprint density at radius 2 is 1.82 bits per heavy atom. The highest BCUT2D eigenvalue weighted by molar-refractivity contribution is 4.93. The summed E-state index contributed by atoms with van der Waals surface area (Å²) in [5, 5.41) is 3.78. The van der Waals surface area contributed by atoms with Crippen LogP contribution in [-0.2, 0) is 0 Å². The highest BCUT2D eigenvalue weighted by atomic mass is 15.2. The molecule has 1 saturated heterocycles. The molecule has 98 valence electrons. The zero-order valence-electron chi connectivity index (χ0n) is 11.3. The molecule has 3 atom stereocenters. The molecule has 3 rings (SSSR count). The van der Waals surface area contributed by atoms with Crippen molar-refractivity contribution < 1.29 is 0 Å². The molecule has 2 aliphatic carbocycles. The highest BCUT2D eigenvalue weighted by Gasteiger charge is 2.38. The van der Waals surface area contributed by atoms with Gasteiger partial charge in [-0.15, -0.1) is 0 Å². The zero-order valence-corrected chi connectivity index (χ0v) is 11.3. The Kier molecular flexibility index (Phi) is 3.72. The van der Waals surface area contributed by atoms with Crippen LogP contribution in [0.3, 0.4) is 0 Å². The molecule has 0 aromatic carbocycles. The van der Waals surface area contributed by atoms with E-state index in [1.54, 1.807) is 0 Å². The molecule has 0 aromatic rings. The van der Waals surface area contributed by atoms with Crippen LogP contribution >= 0.6 is 0 Å². The summed E-state index contributed by atoms with van der Waals surface area (Å²) in [6.07, 6.45) is 8.75. The highest BCUT2D eigenvalue weighted by Crippen LogP contribution is 2.39. The normalized spacial score (nSPS) is 35.1. The predicted octanol–water partition coefficient (Wildman–Crippen LogP) is 2.50. The van der Waals surface area contributed by atoms with Gasteiger partial charge in [-0.05, 0) is 56.4 Å². The second-order valence-electron chi connectivity index (χ2n) is 6.57. The molecule has 2 heteroatoms. The first-order valence-corrected chi connectivity index (χ1v) is 7.82. The molecule has 1 heterocycles. The molecule has 0 aromatic heterocycles. The van der Waals surface area contributed by atoms with Crippen LogP contribution in [0.15, 0.2) is 0 Å². The number of fused-ring (bicyclic) bond motifs is 1. The molecule has 3 unspecified atom stereocenters. The SMILES string of the molecule is CCCNC(CN1CC2CCCC2C1)C1CC1. The zero-order chi connectivity index (χ0) is 11.7. The largest absolute Gasteiger partial charge is 0.312 e. The third-order valence-corrected chi connectivity index (χ3v) is 5.10. The number of rotatable bonds is 6. The van der Waals surface area contributed by atoms with E-state index in [0.717, 1.165) is 23.8 Å². The number of nitrogens with zero attached hydrogens (tertiary/aromatic N) is 1. The minimum Gasteiger partial charge on any atom is -0.312 e. The van der Waals surface area contributed by atoms with Crippen LogP contribution in [0, 0.1) is 17.8 Å². The van der Waals surface area contributed by atoms with Crippen LogP contribution in [0.5, 0.6) is 0 Å². The van der Waals surface area contributed by atoms with Crippen molar-refractivity contribution in [1.82, 2.24) is 10.2 Å². The summed E-state index contributed by atoms with van der Waals surface area (Å²) in [6, 6.07) is 0.800. The lowest BCUT2D eigenvalue weighted by Gasteiger charge is -2.25. The first-order valence-electron chi connectivity index (χ1n) is 7.82. The van der Waals surface area contributed by atoms with Gasteiger partial charge in [0.05, 0.1) is 0 Å². The minimum atomic E-state index is 0.800. The second kappa shape index (κ2) is 5.27. The quantitative estimate of drug-likeness (QED) is 0.762. The van der Waals surface area contributed by atoms with Gasteiger partial charge in [-0.1, -0.05) is 13.3 Å². The molecule has 0 amide bonds. The summed E-state index contributed by atoms with van der Waals surface area (Å²) in [6.45, 7) is 7.63. The van der Waals surface area contributed by atoms with Crippen LogP contribution in [0.1, 0.15) is 45.4 Å². The summed E-state index contributed by atoms with van der Waals surface area (Å²) >= 11 is 0. The predicted molar refractivity (Wildman–Crippen MR) is 72.1 cm³/mol. The molecule has 1 aliphatic heterocycles. The van der Waals surface area contributed by atoms with E-state index in [1.807, 2.05) is 0 Å². The summed E-state index contributed by atoms with van der Waals surface area (Å²) in [5.41, 5.74) is 0. The lowest BCUT2D eigenvalue weighted by atomic mass is 10.0. The van der Waals surface area contributed by atoms with Gasteiger partial charge in [0.2, 0.25) is 0 Å². The van der Waals surface area contributed by atoms with Crippen molar-refractivity contribution in [2.75, 3.05) is 26.2 Å².